The van der Waals surface area contributed by atoms with E-state index in [0.717, 1.165) is 42.6 Å². The van der Waals surface area contributed by atoms with Crippen LogP contribution in [0.15, 0.2) is 42.6 Å². The standard InChI is InChI=1S/C23H25FN2O2/c24-19-2-1-3-20(9-19)28-21-5-4-15(13-25-21)14-26-22(27)23-10-16-6-17(11-23)8-18(7-16)12-23/h1-5,9,13,16-18H,6-8,10-12,14H2,(H,26,27). The van der Waals surface area contributed by atoms with E-state index in [1.54, 1.807) is 24.4 Å². The molecular formula is C23H25FN2O2. The summed E-state index contributed by atoms with van der Waals surface area (Å²) in [6.07, 6.45) is 8.93. The fraction of sp³-hybridized carbons (Fsp3) is 0.478. The van der Waals surface area contributed by atoms with Crippen LogP contribution in [0, 0.1) is 29.0 Å². The van der Waals surface area contributed by atoms with Gasteiger partial charge in [-0.2, -0.15) is 0 Å². The highest BCUT2D eigenvalue weighted by molar-refractivity contribution is 5.83. The van der Waals surface area contributed by atoms with Crippen molar-refractivity contribution >= 4 is 5.91 Å². The quantitative estimate of drug-likeness (QED) is 0.807. The first-order valence-electron chi connectivity index (χ1n) is 10.2. The Balaban J connectivity index is 1.20. The van der Waals surface area contributed by atoms with E-state index in [1.165, 1.54) is 31.4 Å². The summed E-state index contributed by atoms with van der Waals surface area (Å²) < 4.78 is 18.8. The molecule has 28 heavy (non-hydrogen) atoms. The van der Waals surface area contributed by atoms with E-state index >= 15 is 0 Å². The summed E-state index contributed by atoms with van der Waals surface area (Å²) in [5, 5.41) is 3.16. The van der Waals surface area contributed by atoms with Gasteiger partial charge >= 0.3 is 0 Å². The molecule has 0 aliphatic heterocycles. The van der Waals surface area contributed by atoms with Gasteiger partial charge in [0, 0.05) is 30.3 Å². The number of nitrogens with zero attached hydrogens (tertiary/aromatic N) is 1. The van der Waals surface area contributed by atoms with E-state index in [4.69, 9.17) is 4.74 Å². The van der Waals surface area contributed by atoms with Crippen LogP contribution in [-0.4, -0.2) is 10.9 Å². The predicted molar refractivity (Wildman–Crippen MR) is 103 cm³/mol. The van der Waals surface area contributed by atoms with Crippen LogP contribution < -0.4 is 10.1 Å². The van der Waals surface area contributed by atoms with Crippen LogP contribution in [0.25, 0.3) is 0 Å². The van der Waals surface area contributed by atoms with Gasteiger partial charge in [0.05, 0.1) is 0 Å². The summed E-state index contributed by atoms with van der Waals surface area (Å²) in [6, 6.07) is 9.61. The molecule has 0 unspecified atom stereocenters. The molecule has 6 rings (SSSR count). The third-order valence-corrected chi connectivity index (χ3v) is 6.79. The van der Waals surface area contributed by atoms with E-state index < -0.39 is 0 Å². The molecule has 0 atom stereocenters. The first kappa shape index (κ1) is 17.7. The van der Waals surface area contributed by atoms with Gasteiger partial charge in [0.25, 0.3) is 0 Å². The van der Waals surface area contributed by atoms with Crippen molar-refractivity contribution in [3.8, 4) is 11.6 Å². The molecule has 4 saturated carbocycles. The number of nitrogens with one attached hydrogen (secondary N) is 1. The molecule has 4 aliphatic carbocycles. The fourth-order valence-corrected chi connectivity index (χ4v) is 5.99. The molecule has 1 amide bonds. The minimum absolute atomic E-state index is 0.122. The highest BCUT2D eigenvalue weighted by atomic mass is 19.1. The van der Waals surface area contributed by atoms with Crippen LogP contribution in [0.2, 0.25) is 0 Å². The van der Waals surface area contributed by atoms with Gasteiger partial charge < -0.3 is 10.1 Å². The van der Waals surface area contributed by atoms with Crippen molar-refractivity contribution in [3.63, 3.8) is 0 Å². The van der Waals surface area contributed by atoms with Gasteiger partial charge in [0.2, 0.25) is 11.8 Å². The summed E-state index contributed by atoms with van der Waals surface area (Å²) in [5.41, 5.74) is 0.812. The Hall–Kier alpha value is -2.43. The van der Waals surface area contributed by atoms with Gasteiger partial charge in [-0.15, -0.1) is 0 Å². The van der Waals surface area contributed by atoms with E-state index in [0.29, 0.717) is 18.2 Å². The minimum atomic E-state index is -0.346. The number of hydrogen-bond donors (Lipinski definition) is 1. The Morgan fingerprint density at radius 3 is 2.43 bits per heavy atom. The number of aromatic nitrogens is 1. The lowest BCUT2D eigenvalue weighted by Crippen LogP contribution is -2.53. The van der Waals surface area contributed by atoms with Crippen LogP contribution in [0.4, 0.5) is 4.39 Å². The molecule has 4 bridgehead atoms. The Labute approximate surface area is 164 Å². The molecule has 1 aromatic carbocycles. The maximum Gasteiger partial charge on any atom is 0.226 e. The number of rotatable bonds is 5. The summed E-state index contributed by atoms with van der Waals surface area (Å²) in [4.78, 5) is 17.3. The van der Waals surface area contributed by atoms with E-state index in [1.807, 2.05) is 6.07 Å². The largest absolute Gasteiger partial charge is 0.439 e. The molecule has 1 heterocycles. The SMILES string of the molecule is O=C(NCc1ccc(Oc2cccc(F)c2)nc1)C12CC3CC(CC(C3)C1)C2. The highest BCUT2D eigenvalue weighted by Gasteiger charge is 2.54. The van der Waals surface area contributed by atoms with Gasteiger partial charge in [0.1, 0.15) is 11.6 Å². The first-order chi connectivity index (χ1) is 13.6. The first-order valence-corrected chi connectivity index (χ1v) is 10.2. The molecule has 0 spiro atoms. The zero-order valence-electron chi connectivity index (χ0n) is 15.9. The molecule has 5 heteroatoms. The fourth-order valence-electron chi connectivity index (χ4n) is 5.99. The van der Waals surface area contributed by atoms with E-state index in [9.17, 15) is 9.18 Å². The van der Waals surface area contributed by atoms with Gasteiger partial charge in [-0.25, -0.2) is 9.37 Å². The third kappa shape index (κ3) is 3.38. The van der Waals surface area contributed by atoms with Crippen molar-refractivity contribution in [1.82, 2.24) is 10.3 Å². The van der Waals surface area contributed by atoms with Crippen LogP contribution in [-0.2, 0) is 11.3 Å². The molecule has 0 saturated heterocycles. The van der Waals surface area contributed by atoms with Crippen molar-refractivity contribution in [3.05, 3.63) is 54.0 Å². The lowest BCUT2D eigenvalue weighted by Gasteiger charge is -2.55. The maximum absolute atomic E-state index is 13.2. The lowest BCUT2D eigenvalue weighted by atomic mass is 9.49. The number of ether oxygens (including phenoxy) is 1. The highest BCUT2D eigenvalue weighted by Crippen LogP contribution is 2.60. The van der Waals surface area contributed by atoms with Crippen molar-refractivity contribution in [2.24, 2.45) is 23.2 Å². The van der Waals surface area contributed by atoms with Crippen LogP contribution in [0.1, 0.15) is 44.1 Å². The Kier molecular flexibility index (Phi) is 4.33. The molecule has 4 nitrogen and oxygen atoms in total. The number of amides is 1. The normalized spacial score (nSPS) is 30.2. The van der Waals surface area contributed by atoms with Crippen LogP contribution >= 0.6 is 0 Å². The molecule has 4 aliphatic rings. The van der Waals surface area contributed by atoms with Crippen molar-refractivity contribution in [2.45, 2.75) is 45.1 Å². The summed E-state index contributed by atoms with van der Waals surface area (Å²) in [5.74, 6) is 2.99. The molecule has 0 radical (unpaired) electrons. The average molecular weight is 380 g/mol. The molecule has 1 N–H and O–H groups in total. The maximum atomic E-state index is 13.2. The zero-order valence-corrected chi connectivity index (χ0v) is 15.9. The topological polar surface area (TPSA) is 51.2 Å². The van der Waals surface area contributed by atoms with Crippen LogP contribution in [0.3, 0.4) is 0 Å². The van der Waals surface area contributed by atoms with Crippen LogP contribution in [0.5, 0.6) is 11.6 Å². The second-order valence-electron chi connectivity index (χ2n) is 8.94. The number of carbonyl (C=O) groups is 1. The minimum Gasteiger partial charge on any atom is -0.439 e. The van der Waals surface area contributed by atoms with Gasteiger partial charge in [0.15, 0.2) is 0 Å². The zero-order chi connectivity index (χ0) is 19.1. The molecule has 1 aromatic heterocycles. The van der Waals surface area contributed by atoms with Gasteiger partial charge in [-0.1, -0.05) is 12.1 Å². The van der Waals surface area contributed by atoms with Gasteiger partial charge in [-0.3, -0.25) is 4.79 Å². The Bertz CT molecular complexity index is 845. The summed E-state index contributed by atoms with van der Waals surface area (Å²) in [6.45, 7) is 0.480. The van der Waals surface area contributed by atoms with Gasteiger partial charge in [-0.05, 0) is 74.0 Å². The molecule has 146 valence electrons. The van der Waals surface area contributed by atoms with E-state index in [2.05, 4.69) is 10.3 Å². The lowest BCUT2D eigenvalue weighted by molar-refractivity contribution is -0.146. The molecular weight excluding hydrogens is 355 g/mol. The predicted octanol–water partition coefficient (Wildman–Crippen LogP) is 4.85. The van der Waals surface area contributed by atoms with Crippen molar-refractivity contribution < 1.29 is 13.9 Å². The Morgan fingerprint density at radius 2 is 1.82 bits per heavy atom. The van der Waals surface area contributed by atoms with Crippen molar-refractivity contribution in [2.75, 3.05) is 0 Å². The number of pyridine rings is 1. The van der Waals surface area contributed by atoms with Crippen molar-refractivity contribution in [1.29, 1.82) is 0 Å². The summed E-state index contributed by atoms with van der Waals surface area (Å²) >= 11 is 0. The third-order valence-electron chi connectivity index (χ3n) is 6.79. The molecule has 4 fully saturated rings. The average Bonchev–Trinajstić information content (AvgIpc) is 2.66. The smallest absolute Gasteiger partial charge is 0.226 e. The second-order valence-corrected chi connectivity index (χ2v) is 8.94. The monoisotopic (exact) mass is 380 g/mol. The molecule has 2 aromatic rings. The van der Waals surface area contributed by atoms with E-state index in [-0.39, 0.29) is 17.1 Å². The number of carbonyl (C=O) groups excluding carboxylic acids is 1. The number of halogens is 1. The summed E-state index contributed by atoms with van der Waals surface area (Å²) in [7, 11) is 0. The number of hydrogen-bond acceptors (Lipinski definition) is 3. The second kappa shape index (κ2) is 6.87. The Morgan fingerprint density at radius 1 is 1.11 bits per heavy atom. The number of benzene rings is 1.